The first-order valence-electron chi connectivity index (χ1n) is 9.98. The van der Waals surface area contributed by atoms with Crippen molar-refractivity contribution in [1.82, 2.24) is 10.3 Å². The van der Waals surface area contributed by atoms with Gasteiger partial charge in [0, 0.05) is 18.6 Å². The molecule has 1 N–H and O–H groups in total. The molecule has 148 valence electrons. The number of carbonyl (C=O) groups is 1. The number of likely N-dealkylation sites (N-methyl/N-ethyl adjacent to an activating group) is 1. The Bertz CT molecular complexity index is 1040. The third kappa shape index (κ3) is 3.62. The monoisotopic (exact) mass is 404 g/mol. The summed E-state index contributed by atoms with van der Waals surface area (Å²) in [5, 5.41) is 4.23. The summed E-state index contributed by atoms with van der Waals surface area (Å²) in [6.45, 7) is 0. The van der Waals surface area contributed by atoms with Gasteiger partial charge in [0.2, 0.25) is 0 Å². The molecule has 0 bridgehead atoms. The number of pyridine rings is 1. The number of aromatic nitrogens is 1. The maximum absolute atomic E-state index is 12.9. The molecule has 2 aromatic carbocycles. The first kappa shape index (κ1) is 19.5. The quantitative estimate of drug-likeness (QED) is 0.499. The minimum atomic E-state index is -0.580. The van der Waals surface area contributed by atoms with Crippen LogP contribution in [0.3, 0.4) is 0 Å². The van der Waals surface area contributed by atoms with E-state index >= 15 is 0 Å². The SMILES string of the molecule is CNC(=S)[C@]1(c2cnc3ccccc3c2)CCCC[C@H]1OC(=O)c1ccccc1. The summed E-state index contributed by atoms with van der Waals surface area (Å²) in [4.78, 5) is 18.2. The molecule has 0 spiro atoms. The number of esters is 1. The van der Waals surface area contributed by atoms with E-state index in [1.807, 2.05) is 49.6 Å². The van der Waals surface area contributed by atoms with Gasteiger partial charge in [0.1, 0.15) is 6.10 Å². The molecule has 4 rings (SSSR count). The molecule has 29 heavy (non-hydrogen) atoms. The van der Waals surface area contributed by atoms with Gasteiger partial charge in [-0.2, -0.15) is 0 Å². The number of thiocarbonyl (C=S) groups is 1. The Morgan fingerprint density at radius 3 is 2.69 bits per heavy atom. The lowest BCUT2D eigenvalue weighted by molar-refractivity contribution is 0.00433. The van der Waals surface area contributed by atoms with Crippen molar-refractivity contribution < 1.29 is 9.53 Å². The highest BCUT2D eigenvalue weighted by Crippen LogP contribution is 2.43. The van der Waals surface area contributed by atoms with Crippen LogP contribution in [-0.2, 0) is 10.2 Å². The van der Waals surface area contributed by atoms with Gasteiger partial charge in [-0.15, -0.1) is 0 Å². The molecule has 0 amide bonds. The fourth-order valence-corrected chi connectivity index (χ4v) is 4.68. The van der Waals surface area contributed by atoms with Crippen molar-refractivity contribution in [2.75, 3.05) is 7.05 Å². The van der Waals surface area contributed by atoms with Gasteiger partial charge >= 0.3 is 5.97 Å². The topological polar surface area (TPSA) is 51.2 Å². The van der Waals surface area contributed by atoms with Gasteiger partial charge in [0.25, 0.3) is 0 Å². The van der Waals surface area contributed by atoms with Gasteiger partial charge in [-0.3, -0.25) is 4.98 Å². The molecule has 4 nitrogen and oxygen atoms in total. The Kier molecular flexibility index (Phi) is 5.58. The molecular weight excluding hydrogens is 380 g/mol. The summed E-state index contributed by atoms with van der Waals surface area (Å²) >= 11 is 5.81. The first-order valence-corrected chi connectivity index (χ1v) is 10.4. The Labute approximate surface area is 176 Å². The molecule has 1 fully saturated rings. The molecule has 2 atom stereocenters. The predicted octanol–water partition coefficient (Wildman–Crippen LogP) is 4.82. The lowest BCUT2D eigenvalue weighted by atomic mass is 9.67. The van der Waals surface area contributed by atoms with E-state index in [-0.39, 0.29) is 12.1 Å². The number of hydrogen-bond acceptors (Lipinski definition) is 4. The summed E-state index contributed by atoms with van der Waals surface area (Å²) in [5.74, 6) is -0.311. The molecule has 1 aliphatic carbocycles. The van der Waals surface area contributed by atoms with Crippen molar-refractivity contribution in [3.63, 3.8) is 0 Å². The standard InChI is InChI=1S/C24H24N2O2S/c1-25-23(29)24(19-15-18-11-5-6-12-20(18)26-16-19)14-8-7-13-21(24)28-22(27)17-9-3-2-4-10-17/h2-6,9-12,15-16,21H,7-8,13-14H2,1H3,(H,25,29)/t21-,24+/m1/s1. The summed E-state index contributed by atoms with van der Waals surface area (Å²) in [6, 6.07) is 19.3. The summed E-state index contributed by atoms with van der Waals surface area (Å²) in [5.41, 5.74) is 1.92. The van der Waals surface area contributed by atoms with E-state index in [0.717, 1.165) is 42.1 Å². The van der Waals surface area contributed by atoms with E-state index in [1.54, 1.807) is 12.1 Å². The summed E-state index contributed by atoms with van der Waals surface area (Å²) < 4.78 is 6.09. The zero-order valence-electron chi connectivity index (χ0n) is 16.4. The largest absolute Gasteiger partial charge is 0.457 e. The van der Waals surface area contributed by atoms with Crippen LogP contribution in [0.25, 0.3) is 10.9 Å². The van der Waals surface area contributed by atoms with Crippen molar-refractivity contribution in [2.45, 2.75) is 37.2 Å². The Hall–Kier alpha value is -2.79. The number of carbonyl (C=O) groups excluding carboxylic acids is 1. The molecular formula is C24H24N2O2S. The molecule has 5 heteroatoms. The van der Waals surface area contributed by atoms with E-state index in [9.17, 15) is 4.79 Å². The van der Waals surface area contributed by atoms with Crippen LogP contribution in [0.1, 0.15) is 41.6 Å². The highest BCUT2D eigenvalue weighted by atomic mass is 32.1. The smallest absolute Gasteiger partial charge is 0.338 e. The summed E-state index contributed by atoms with van der Waals surface area (Å²) in [7, 11) is 1.84. The lowest BCUT2D eigenvalue weighted by Gasteiger charge is -2.44. The number of rotatable bonds is 4. The number of hydrogen-bond donors (Lipinski definition) is 1. The normalized spacial score (nSPS) is 21.5. The minimum absolute atomic E-state index is 0.311. The zero-order valence-corrected chi connectivity index (χ0v) is 17.2. The first-order chi connectivity index (χ1) is 14.1. The number of para-hydroxylation sites is 1. The van der Waals surface area contributed by atoms with Gasteiger partial charge in [-0.1, -0.05) is 55.0 Å². The van der Waals surface area contributed by atoms with Crippen LogP contribution in [0, 0.1) is 0 Å². The van der Waals surface area contributed by atoms with E-state index < -0.39 is 5.41 Å². The van der Waals surface area contributed by atoms with Crippen LogP contribution in [0.2, 0.25) is 0 Å². The van der Waals surface area contributed by atoms with Crippen molar-refractivity contribution >= 4 is 34.1 Å². The molecule has 0 aliphatic heterocycles. The van der Waals surface area contributed by atoms with Gasteiger partial charge in [0.05, 0.1) is 21.5 Å². The second-order valence-electron chi connectivity index (χ2n) is 7.47. The van der Waals surface area contributed by atoms with Crippen LogP contribution >= 0.6 is 12.2 Å². The highest BCUT2D eigenvalue weighted by molar-refractivity contribution is 7.80. The van der Waals surface area contributed by atoms with Crippen LogP contribution < -0.4 is 5.32 Å². The van der Waals surface area contributed by atoms with Gasteiger partial charge in [-0.25, -0.2) is 4.79 Å². The third-order valence-electron chi connectivity index (χ3n) is 5.83. The highest BCUT2D eigenvalue weighted by Gasteiger charge is 2.48. The molecule has 1 aromatic heterocycles. The Morgan fingerprint density at radius 2 is 1.90 bits per heavy atom. The van der Waals surface area contributed by atoms with Crippen molar-refractivity contribution in [2.24, 2.45) is 0 Å². The van der Waals surface area contributed by atoms with E-state index in [4.69, 9.17) is 17.0 Å². The molecule has 3 aromatic rings. The lowest BCUT2D eigenvalue weighted by Crippen LogP contribution is -2.53. The molecule has 0 unspecified atom stereocenters. The molecule has 0 saturated heterocycles. The Morgan fingerprint density at radius 1 is 1.14 bits per heavy atom. The van der Waals surface area contributed by atoms with Crippen LogP contribution in [-0.4, -0.2) is 29.1 Å². The zero-order chi connectivity index (χ0) is 20.3. The second kappa shape index (κ2) is 8.29. The second-order valence-corrected chi connectivity index (χ2v) is 7.88. The Balaban J connectivity index is 1.77. The average Bonchev–Trinajstić information content (AvgIpc) is 2.79. The third-order valence-corrected chi connectivity index (χ3v) is 6.40. The van der Waals surface area contributed by atoms with E-state index in [0.29, 0.717) is 10.6 Å². The van der Waals surface area contributed by atoms with E-state index in [1.165, 1.54) is 0 Å². The molecule has 1 saturated carbocycles. The van der Waals surface area contributed by atoms with Crippen LogP contribution in [0.4, 0.5) is 0 Å². The van der Waals surface area contributed by atoms with Crippen LogP contribution in [0.15, 0.2) is 66.9 Å². The molecule has 0 radical (unpaired) electrons. The number of ether oxygens (including phenoxy) is 1. The fourth-order valence-electron chi connectivity index (χ4n) is 4.33. The van der Waals surface area contributed by atoms with Gasteiger partial charge in [0.15, 0.2) is 0 Å². The number of nitrogens with one attached hydrogen (secondary N) is 1. The maximum Gasteiger partial charge on any atom is 0.338 e. The predicted molar refractivity (Wildman–Crippen MR) is 119 cm³/mol. The number of nitrogens with zero attached hydrogens (tertiary/aromatic N) is 1. The maximum atomic E-state index is 12.9. The number of fused-ring (bicyclic) bond motifs is 1. The van der Waals surface area contributed by atoms with Crippen molar-refractivity contribution in [3.05, 3.63) is 78.0 Å². The average molecular weight is 405 g/mol. The fraction of sp³-hybridized carbons (Fsp3) is 0.292. The van der Waals surface area contributed by atoms with Gasteiger partial charge in [-0.05, 0) is 49.1 Å². The summed E-state index contributed by atoms with van der Waals surface area (Å²) in [6.07, 6.45) is 5.16. The minimum Gasteiger partial charge on any atom is -0.457 e. The van der Waals surface area contributed by atoms with Gasteiger partial charge < -0.3 is 10.1 Å². The molecule has 1 aliphatic rings. The van der Waals surface area contributed by atoms with Crippen molar-refractivity contribution in [3.8, 4) is 0 Å². The van der Waals surface area contributed by atoms with E-state index in [2.05, 4.69) is 22.4 Å². The molecule has 1 heterocycles. The number of benzene rings is 2. The van der Waals surface area contributed by atoms with Crippen LogP contribution in [0.5, 0.6) is 0 Å². The van der Waals surface area contributed by atoms with Crippen molar-refractivity contribution in [1.29, 1.82) is 0 Å².